The highest BCUT2D eigenvalue weighted by Crippen LogP contribution is 2.27. The lowest BCUT2D eigenvalue weighted by Crippen LogP contribution is -2.40. The van der Waals surface area contributed by atoms with E-state index in [1.165, 1.54) is 35.7 Å². The van der Waals surface area contributed by atoms with Gasteiger partial charge in [-0.3, -0.25) is 4.79 Å². The number of nitrogens with zero attached hydrogens (tertiary/aromatic N) is 1. The maximum Gasteiger partial charge on any atom is 0.324 e. The van der Waals surface area contributed by atoms with Gasteiger partial charge in [-0.15, -0.1) is 0 Å². The summed E-state index contributed by atoms with van der Waals surface area (Å²) in [6.07, 6.45) is 1.13. The highest BCUT2D eigenvalue weighted by atomic mass is 32.2. The van der Waals surface area contributed by atoms with Crippen LogP contribution < -0.4 is 5.73 Å². The Balaban J connectivity index is 2.33. The summed E-state index contributed by atoms with van der Waals surface area (Å²) in [4.78, 5) is 11.7. The largest absolute Gasteiger partial charge is 0.468 e. The number of nitrogen functional groups attached to an aromatic ring is 1. The standard InChI is InChI=1S/C12H16N2O4S/c1-18-12(15)11-3-2-8-14(11)19(16,17)10-6-4-9(13)5-7-10/h4-7,11H,2-3,8,13H2,1H3/t11-/m0/s1. The van der Waals surface area contributed by atoms with Crippen LogP contribution >= 0.6 is 0 Å². The Morgan fingerprint density at radius 3 is 2.58 bits per heavy atom. The minimum atomic E-state index is -3.68. The number of hydrogen-bond donors (Lipinski definition) is 1. The van der Waals surface area contributed by atoms with Crippen LogP contribution in [0.4, 0.5) is 5.69 Å². The molecule has 2 N–H and O–H groups in total. The molecule has 104 valence electrons. The van der Waals surface area contributed by atoms with Crippen molar-refractivity contribution in [3.8, 4) is 0 Å². The summed E-state index contributed by atoms with van der Waals surface area (Å²) in [5.41, 5.74) is 6.03. The van der Waals surface area contributed by atoms with Gasteiger partial charge in [0.05, 0.1) is 12.0 Å². The first-order chi connectivity index (χ1) is 8.96. The van der Waals surface area contributed by atoms with Gasteiger partial charge in [0.15, 0.2) is 0 Å². The Morgan fingerprint density at radius 2 is 2.00 bits per heavy atom. The number of esters is 1. The molecule has 19 heavy (non-hydrogen) atoms. The van der Waals surface area contributed by atoms with Crippen molar-refractivity contribution < 1.29 is 17.9 Å². The fourth-order valence-corrected chi connectivity index (χ4v) is 3.82. The average molecular weight is 284 g/mol. The van der Waals surface area contributed by atoms with Crippen molar-refractivity contribution in [1.29, 1.82) is 0 Å². The van der Waals surface area contributed by atoms with Crippen molar-refractivity contribution in [2.24, 2.45) is 0 Å². The summed E-state index contributed by atoms with van der Waals surface area (Å²) in [6, 6.07) is 5.20. The number of hydrogen-bond acceptors (Lipinski definition) is 5. The van der Waals surface area contributed by atoms with Gasteiger partial charge < -0.3 is 10.5 Å². The minimum absolute atomic E-state index is 0.137. The van der Waals surface area contributed by atoms with Crippen LogP contribution in [0.2, 0.25) is 0 Å². The maximum atomic E-state index is 12.5. The predicted octanol–water partition coefficient (Wildman–Crippen LogP) is 0.595. The molecule has 0 unspecified atom stereocenters. The SMILES string of the molecule is COC(=O)[C@@H]1CCCN1S(=O)(=O)c1ccc(N)cc1. The summed E-state index contributed by atoms with van der Waals surface area (Å²) in [5, 5.41) is 0. The van der Waals surface area contributed by atoms with Gasteiger partial charge in [0.25, 0.3) is 0 Å². The lowest BCUT2D eigenvalue weighted by Gasteiger charge is -2.22. The van der Waals surface area contributed by atoms with E-state index >= 15 is 0 Å². The molecule has 0 aliphatic carbocycles. The summed E-state index contributed by atoms with van der Waals surface area (Å²) in [5.74, 6) is -0.517. The van der Waals surface area contributed by atoms with Crippen LogP contribution in [0.3, 0.4) is 0 Å². The van der Waals surface area contributed by atoms with E-state index in [2.05, 4.69) is 4.74 Å². The number of nitrogens with two attached hydrogens (primary N) is 1. The zero-order valence-corrected chi connectivity index (χ0v) is 11.4. The quantitative estimate of drug-likeness (QED) is 0.648. The van der Waals surface area contributed by atoms with E-state index in [9.17, 15) is 13.2 Å². The topological polar surface area (TPSA) is 89.7 Å². The van der Waals surface area contributed by atoms with Gasteiger partial charge in [0.2, 0.25) is 10.0 Å². The molecule has 1 aromatic carbocycles. The van der Waals surface area contributed by atoms with Crippen molar-refractivity contribution in [2.45, 2.75) is 23.8 Å². The second-order valence-electron chi connectivity index (χ2n) is 4.37. The molecule has 0 bridgehead atoms. The van der Waals surface area contributed by atoms with Gasteiger partial charge in [-0.25, -0.2) is 8.42 Å². The smallest absolute Gasteiger partial charge is 0.324 e. The average Bonchev–Trinajstić information content (AvgIpc) is 2.88. The van der Waals surface area contributed by atoms with Gasteiger partial charge >= 0.3 is 5.97 Å². The minimum Gasteiger partial charge on any atom is -0.468 e. The van der Waals surface area contributed by atoms with Crippen LogP contribution in [0.15, 0.2) is 29.2 Å². The van der Waals surface area contributed by atoms with Crippen LogP contribution in [0, 0.1) is 0 Å². The van der Waals surface area contributed by atoms with Crippen molar-refractivity contribution in [3.05, 3.63) is 24.3 Å². The van der Waals surface area contributed by atoms with Crippen molar-refractivity contribution in [1.82, 2.24) is 4.31 Å². The Kier molecular flexibility index (Phi) is 3.77. The van der Waals surface area contributed by atoms with E-state index in [1.807, 2.05) is 0 Å². The fraction of sp³-hybridized carbons (Fsp3) is 0.417. The van der Waals surface area contributed by atoms with E-state index in [1.54, 1.807) is 0 Å². The zero-order chi connectivity index (χ0) is 14.0. The first-order valence-electron chi connectivity index (χ1n) is 5.92. The Morgan fingerprint density at radius 1 is 1.37 bits per heavy atom. The van der Waals surface area contributed by atoms with E-state index in [4.69, 9.17) is 5.73 Å². The molecule has 1 fully saturated rings. The maximum absolute atomic E-state index is 12.5. The third-order valence-corrected chi connectivity index (χ3v) is 5.09. The van der Waals surface area contributed by atoms with Crippen LogP contribution in [-0.2, 0) is 19.6 Å². The predicted molar refractivity (Wildman–Crippen MR) is 69.8 cm³/mol. The van der Waals surface area contributed by atoms with Gasteiger partial charge in [-0.1, -0.05) is 0 Å². The lowest BCUT2D eigenvalue weighted by atomic mass is 10.2. The third-order valence-electron chi connectivity index (χ3n) is 3.16. The number of anilines is 1. The molecule has 1 aromatic rings. The molecule has 6 nitrogen and oxygen atoms in total. The molecule has 1 aliphatic heterocycles. The number of carbonyl (C=O) groups excluding carboxylic acids is 1. The molecule has 2 rings (SSSR count). The number of carbonyl (C=O) groups is 1. The molecule has 0 radical (unpaired) electrons. The number of rotatable bonds is 3. The van der Waals surface area contributed by atoms with Gasteiger partial charge in [0.1, 0.15) is 6.04 Å². The number of sulfonamides is 1. The molecule has 0 saturated carbocycles. The molecule has 0 amide bonds. The van der Waals surface area contributed by atoms with E-state index in [0.717, 1.165) is 0 Å². The van der Waals surface area contributed by atoms with Crippen LogP contribution in [0.1, 0.15) is 12.8 Å². The van der Waals surface area contributed by atoms with E-state index in [-0.39, 0.29) is 4.90 Å². The normalized spacial score (nSPS) is 20.4. The first-order valence-corrected chi connectivity index (χ1v) is 7.36. The summed E-state index contributed by atoms with van der Waals surface area (Å²) in [7, 11) is -2.42. The summed E-state index contributed by atoms with van der Waals surface area (Å²) in [6.45, 7) is 0.326. The van der Waals surface area contributed by atoms with Gasteiger partial charge in [-0.05, 0) is 37.1 Å². The lowest BCUT2D eigenvalue weighted by molar-refractivity contribution is -0.144. The second kappa shape index (κ2) is 5.18. The first kappa shape index (κ1) is 13.8. The van der Waals surface area contributed by atoms with E-state index in [0.29, 0.717) is 25.1 Å². The van der Waals surface area contributed by atoms with Gasteiger partial charge in [0, 0.05) is 12.2 Å². The van der Waals surface area contributed by atoms with Crippen LogP contribution in [-0.4, -0.2) is 38.4 Å². The molecule has 1 saturated heterocycles. The third kappa shape index (κ3) is 2.57. The second-order valence-corrected chi connectivity index (χ2v) is 6.26. The molecule has 1 atom stereocenters. The summed E-state index contributed by atoms with van der Waals surface area (Å²) < 4.78 is 30.8. The molecule has 1 heterocycles. The Labute approximate surface area is 112 Å². The highest BCUT2D eigenvalue weighted by molar-refractivity contribution is 7.89. The molecule has 1 aliphatic rings. The number of methoxy groups -OCH3 is 1. The van der Waals surface area contributed by atoms with Crippen LogP contribution in [0.5, 0.6) is 0 Å². The molecule has 0 spiro atoms. The monoisotopic (exact) mass is 284 g/mol. The van der Waals surface area contributed by atoms with Crippen LogP contribution in [0.25, 0.3) is 0 Å². The molecule has 0 aromatic heterocycles. The zero-order valence-electron chi connectivity index (χ0n) is 10.6. The van der Waals surface area contributed by atoms with Crippen molar-refractivity contribution in [3.63, 3.8) is 0 Å². The summed E-state index contributed by atoms with van der Waals surface area (Å²) >= 11 is 0. The fourth-order valence-electron chi connectivity index (χ4n) is 2.17. The Hall–Kier alpha value is -1.60. The Bertz CT molecular complexity index is 568. The molecule has 7 heteroatoms. The molecular weight excluding hydrogens is 268 g/mol. The highest BCUT2D eigenvalue weighted by Gasteiger charge is 2.39. The van der Waals surface area contributed by atoms with Crippen molar-refractivity contribution in [2.75, 3.05) is 19.4 Å². The number of benzene rings is 1. The van der Waals surface area contributed by atoms with Gasteiger partial charge in [-0.2, -0.15) is 4.31 Å². The molecular formula is C12H16N2O4S. The number of ether oxygens (including phenoxy) is 1. The van der Waals surface area contributed by atoms with Crippen molar-refractivity contribution >= 4 is 21.7 Å². The van der Waals surface area contributed by atoms with E-state index < -0.39 is 22.0 Å².